The maximum Gasteiger partial charge on any atom is 0.142 e. The van der Waals surface area contributed by atoms with Gasteiger partial charge in [-0.3, -0.25) is 0 Å². The largest absolute Gasteiger partial charge is 0.494 e. The Morgan fingerprint density at radius 3 is 2.59 bits per heavy atom. The number of hydrogen-bond donors (Lipinski definition) is 1. The second kappa shape index (κ2) is 5.41. The van der Waals surface area contributed by atoms with Gasteiger partial charge in [0.25, 0.3) is 0 Å². The summed E-state index contributed by atoms with van der Waals surface area (Å²) in [5.74, 6) is 1.51. The molecule has 4 nitrogen and oxygen atoms in total. The van der Waals surface area contributed by atoms with Crippen molar-refractivity contribution in [3.05, 3.63) is 42.4 Å². The van der Waals surface area contributed by atoms with E-state index in [9.17, 15) is 0 Å². The summed E-state index contributed by atoms with van der Waals surface area (Å²) in [5.41, 5.74) is 7.43. The molecule has 1 aromatic heterocycles. The molecule has 4 heteroatoms. The van der Waals surface area contributed by atoms with Crippen molar-refractivity contribution in [3.8, 4) is 17.0 Å². The molecule has 0 spiro atoms. The lowest BCUT2D eigenvalue weighted by Gasteiger charge is -2.05. The quantitative estimate of drug-likeness (QED) is 0.871. The SMILES string of the molecule is CCOc1ccc(-c2ccnc(CN)n2)cc1. The zero-order valence-corrected chi connectivity index (χ0v) is 9.76. The first-order valence-electron chi connectivity index (χ1n) is 5.58. The Kier molecular flexibility index (Phi) is 3.67. The van der Waals surface area contributed by atoms with Crippen molar-refractivity contribution >= 4 is 0 Å². The van der Waals surface area contributed by atoms with E-state index < -0.39 is 0 Å². The molecule has 1 aromatic carbocycles. The van der Waals surface area contributed by atoms with Gasteiger partial charge in [-0.1, -0.05) is 0 Å². The number of rotatable bonds is 4. The molecule has 0 amide bonds. The molecule has 0 saturated carbocycles. The van der Waals surface area contributed by atoms with Crippen LogP contribution in [0.25, 0.3) is 11.3 Å². The number of benzene rings is 1. The van der Waals surface area contributed by atoms with E-state index in [1.807, 2.05) is 37.3 Å². The first kappa shape index (κ1) is 11.5. The topological polar surface area (TPSA) is 61.0 Å². The average Bonchev–Trinajstić information content (AvgIpc) is 2.40. The van der Waals surface area contributed by atoms with Crippen LogP contribution >= 0.6 is 0 Å². The fourth-order valence-corrected chi connectivity index (χ4v) is 1.55. The maximum atomic E-state index is 5.52. The van der Waals surface area contributed by atoms with Crippen LogP contribution in [0.1, 0.15) is 12.7 Å². The van der Waals surface area contributed by atoms with Gasteiger partial charge in [0.1, 0.15) is 11.6 Å². The van der Waals surface area contributed by atoms with Crippen molar-refractivity contribution in [3.63, 3.8) is 0 Å². The molecule has 0 bridgehead atoms. The zero-order chi connectivity index (χ0) is 12.1. The molecule has 0 saturated heterocycles. The fourth-order valence-electron chi connectivity index (χ4n) is 1.55. The van der Waals surface area contributed by atoms with Crippen LogP contribution in [0.4, 0.5) is 0 Å². The van der Waals surface area contributed by atoms with Gasteiger partial charge in [-0.05, 0) is 37.3 Å². The van der Waals surface area contributed by atoms with E-state index in [1.165, 1.54) is 0 Å². The summed E-state index contributed by atoms with van der Waals surface area (Å²) in [4.78, 5) is 8.43. The molecule has 2 aromatic rings. The third-order valence-electron chi connectivity index (χ3n) is 2.35. The second-order valence-electron chi connectivity index (χ2n) is 3.52. The van der Waals surface area contributed by atoms with Gasteiger partial charge < -0.3 is 10.5 Å². The van der Waals surface area contributed by atoms with Crippen LogP contribution in [0.2, 0.25) is 0 Å². The Labute approximate surface area is 100 Å². The summed E-state index contributed by atoms with van der Waals surface area (Å²) in [5, 5.41) is 0. The van der Waals surface area contributed by atoms with Crippen LogP contribution in [-0.2, 0) is 6.54 Å². The van der Waals surface area contributed by atoms with Gasteiger partial charge >= 0.3 is 0 Å². The molecular formula is C13H15N3O. The predicted octanol–water partition coefficient (Wildman–Crippen LogP) is 2.00. The van der Waals surface area contributed by atoms with Gasteiger partial charge in [0.2, 0.25) is 0 Å². The standard InChI is InChI=1S/C13H15N3O/c1-2-17-11-5-3-10(4-6-11)12-7-8-15-13(9-14)16-12/h3-8H,2,9,14H2,1H3. The van der Waals surface area contributed by atoms with Crippen LogP contribution in [0.5, 0.6) is 5.75 Å². The third-order valence-corrected chi connectivity index (χ3v) is 2.35. The summed E-state index contributed by atoms with van der Waals surface area (Å²) < 4.78 is 5.39. The summed E-state index contributed by atoms with van der Waals surface area (Å²) in [6.45, 7) is 2.99. The van der Waals surface area contributed by atoms with Crippen molar-refractivity contribution in [1.29, 1.82) is 0 Å². The smallest absolute Gasteiger partial charge is 0.142 e. The van der Waals surface area contributed by atoms with Gasteiger partial charge in [-0.25, -0.2) is 9.97 Å². The minimum absolute atomic E-state index is 0.352. The number of nitrogens with two attached hydrogens (primary N) is 1. The minimum Gasteiger partial charge on any atom is -0.494 e. The lowest BCUT2D eigenvalue weighted by molar-refractivity contribution is 0.340. The molecule has 0 unspecified atom stereocenters. The fraction of sp³-hybridized carbons (Fsp3) is 0.231. The van der Waals surface area contributed by atoms with E-state index in [4.69, 9.17) is 10.5 Å². The summed E-state index contributed by atoms with van der Waals surface area (Å²) in [7, 11) is 0. The Morgan fingerprint density at radius 1 is 1.18 bits per heavy atom. The van der Waals surface area contributed by atoms with E-state index in [0.717, 1.165) is 17.0 Å². The highest BCUT2D eigenvalue weighted by atomic mass is 16.5. The summed E-state index contributed by atoms with van der Waals surface area (Å²) in [6.07, 6.45) is 1.72. The molecule has 0 aliphatic carbocycles. The summed E-state index contributed by atoms with van der Waals surface area (Å²) >= 11 is 0. The van der Waals surface area contributed by atoms with Crippen LogP contribution in [-0.4, -0.2) is 16.6 Å². The highest BCUT2D eigenvalue weighted by molar-refractivity contribution is 5.59. The molecule has 0 radical (unpaired) electrons. The third kappa shape index (κ3) is 2.79. The van der Waals surface area contributed by atoms with Crippen LogP contribution in [0.3, 0.4) is 0 Å². The van der Waals surface area contributed by atoms with Crippen molar-refractivity contribution in [2.75, 3.05) is 6.61 Å². The van der Waals surface area contributed by atoms with Crippen LogP contribution < -0.4 is 10.5 Å². The van der Waals surface area contributed by atoms with Gasteiger partial charge in [0.05, 0.1) is 18.8 Å². The van der Waals surface area contributed by atoms with Crippen molar-refractivity contribution in [2.24, 2.45) is 5.73 Å². The van der Waals surface area contributed by atoms with Crippen molar-refractivity contribution < 1.29 is 4.74 Å². The van der Waals surface area contributed by atoms with E-state index >= 15 is 0 Å². The molecule has 17 heavy (non-hydrogen) atoms. The predicted molar refractivity (Wildman–Crippen MR) is 66.5 cm³/mol. The van der Waals surface area contributed by atoms with Gasteiger partial charge in [-0.2, -0.15) is 0 Å². The number of aromatic nitrogens is 2. The van der Waals surface area contributed by atoms with E-state index in [2.05, 4.69) is 9.97 Å². The number of ether oxygens (including phenoxy) is 1. The first-order chi connectivity index (χ1) is 8.33. The lowest BCUT2D eigenvalue weighted by Crippen LogP contribution is -2.03. The molecule has 0 aliphatic heterocycles. The number of nitrogens with zero attached hydrogens (tertiary/aromatic N) is 2. The highest BCUT2D eigenvalue weighted by Crippen LogP contribution is 2.20. The Morgan fingerprint density at radius 2 is 1.94 bits per heavy atom. The maximum absolute atomic E-state index is 5.52. The molecule has 88 valence electrons. The lowest BCUT2D eigenvalue weighted by atomic mass is 10.1. The molecule has 1 heterocycles. The average molecular weight is 229 g/mol. The van der Waals surface area contributed by atoms with E-state index in [-0.39, 0.29) is 0 Å². The second-order valence-corrected chi connectivity index (χ2v) is 3.52. The first-order valence-corrected chi connectivity index (χ1v) is 5.58. The van der Waals surface area contributed by atoms with E-state index in [1.54, 1.807) is 6.20 Å². The Bertz CT molecular complexity index is 482. The van der Waals surface area contributed by atoms with Gasteiger partial charge in [0.15, 0.2) is 0 Å². The molecule has 0 fully saturated rings. The molecular weight excluding hydrogens is 214 g/mol. The van der Waals surface area contributed by atoms with E-state index in [0.29, 0.717) is 19.0 Å². The molecule has 2 rings (SSSR count). The molecule has 2 N–H and O–H groups in total. The number of hydrogen-bond acceptors (Lipinski definition) is 4. The highest BCUT2D eigenvalue weighted by Gasteiger charge is 2.01. The summed E-state index contributed by atoms with van der Waals surface area (Å²) in [6, 6.07) is 9.70. The minimum atomic E-state index is 0.352. The van der Waals surface area contributed by atoms with Crippen LogP contribution in [0, 0.1) is 0 Å². The Hall–Kier alpha value is -1.94. The van der Waals surface area contributed by atoms with Crippen LogP contribution in [0.15, 0.2) is 36.5 Å². The zero-order valence-electron chi connectivity index (χ0n) is 9.76. The van der Waals surface area contributed by atoms with Gasteiger partial charge in [0, 0.05) is 11.8 Å². The Balaban J connectivity index is 2.26. The van der Waals surface area contributed by atoms with Crippen molar-refractivity contribution in [2.45, 2.75) is 13.5 Å². The monoisotopic (exact) mass is 229 g/mol. The normalized spacial score (nSPS) is 10.2. The molecule has 0 aliphatic rings. The van der Waals surface area contributed by atoms with Crippen molar-refractivity contribution in [1.82, 2.24) is 9.97 Å². The molecule has 0 atom stereocenters. The van der Waals surface area contributed by atoms with Gasteiger partial charge in [-0.15, -0.1) is 0 Å².